The van der Waals surface area contributed by atoms with Crippen LogP contribution in [0, 0.1) is 6.92 Å². The van der Waals surface area contributed by atoms with Crippen LogP contribution in [0.5, 0.6) is 0 Å². The van der Waals surface area contributed by atoms with E-state index in [1.807, 2.05) is 31.2 Å². The summed E-state index contributed by atoms with van der Waals surface area (Å²) >= 11 is 6.17. The third-order valence-corrected chi connectivity index (χ3v) is 4.27. The zero-order valence-corrected chi connectivity index (χ0v) is 14.6. The maximum Gasteiger partial charge on any atom is 0.255 e. The molecule has 0 saturated carbocycles. The Kier molecular flexibility index (Phi) is 4.10. The van der Waals surface area contributed by atoms with Gasteiger partial charge in [0.05, 0.1) is 16.4 Å². The van der Waals surface area contributed by atoms with Gasteiger partial charge in [-0.2, -0.15) is 4.68 Å². The molecule has 0 unspecified atom stereocenters. The van der Waals surface area contributed by atoms with Gasteiger partial charge in [0.25, 0.3) is 5.91 Å². The number of benzene rings is 2. The first-order valence-corrected chi connectivity index (χ1v) is 8.34. The van der Waals surface area contributed by atoms with Crippen molar-refractivity contribution < 1.29 is 4.79 Å². The van der Waals surface area contributed by atoms with E-state index in [0.29, 0.717) is 27.4 Å². The van der Waals surface area contributed by atoms with E-state index >= 15 is 0 Å². The number of amides is 1. The average molecular weight is 364 g/mol. The van der Waals surface area contributed by atoms with Crippen molar-refractivity contribution in [2.75, 3.05) is 5.32 Å². The highest BCUT2D eigenvalue weighted by Crippen LogP contribution is 2.23. The number of hydrogen-bond acceptors (Lipinski definition) is 4. The van der Waals surface area contributed by atoms with Crippen LogP contribution in [0.15, 0.2) is 60.8 Å². The van der Waals surface area contributed by atoms with Crippen LogP contribution >= 0.6 is 11.6 Å². The lowest BCUT2D eigenvalue weighted by atomic mass is 10.1. The molecule has 26 heavy (non-hydrogen) atoms. The Balaban J connectivity index is 1.58. The maximum atomic E-state index is 12.4. The minimum absolute atomic E-state index is 0.233. The van der Waals surface area contributed by atoms with Crippen LogP contribution in [0.2, 0.25) is 5.02 Å². The minimum Gasteiger partial charge on any atom is -0.321 e. The monoisotopic (exact) mass is 363 g/mol. The Bertz CT molecular complexity index is 1100. The molecule has 0 spiro atoms. The smallest absolute Gasteiger partial charge is 0.255 e. The second kappa shape index (κ2) is 6.57. The number of anilines is 1. The molecule has 0 aliphatic heterocycles. The largest absolute Gasteiger partial charge is 0.321 e. The zero-order chi connectivity index (χ0) is 18.1. The average Bonchev–Trinajstić information content (AvgIpc) is 3.08. The van der Waals surface area contributed by atoms with Crippen LogP contribution in [0.1, 0.15) is 15.9 Å². The molecular weight excluding hydrogens is 350 g/mol. The highest BCUT2D eigenvalue weighted by Gasteiger charge is 2.11. The molecule has 0 bridgehead atoms. The lowest BCUT2D eigenvalue weighted by molar-refractivity contribution is 0.102. The van der Waals surface area contributed by atoms with Crippen LogP contribution in [0.25, 0.3) is 16.9 Å². The van der Waals surface area contributed by atoms with Crippen molar-refractivity contribution in [2.24, 2.45) is 0 Å². The first kappa shape index (κ1) is 16.2. The van der Waals surface area contributed by atoms with Gasteiger partial charge in [0.2, 0.25) is 0 Å². The van der Waals surface area contributed by atoms with E-state index in [2.05, 4.69) is 20.6 Å². The fraction of sp³-hybridized carbons (Fsp3) is 0.0526. The summed E-state index contributed by atoms with van der Waals surface area (Å²) in [5.41, 5.74) is 4.28. The number of fused-ring (bicyclic) bond motifs is 1. The number of rotatable bonds is 3. The molecule has 4 rings (SSSR count). The van der Waals surface area contributed by atoms with Crippen LogP contribution in [-0.2, 0) is 0 Å². The van der Waals surface area contributed by atoms with Gasteiger partial charge in [-0.25, -0.2) is 4.98 Å². The van der Waals surface area contributed by atoms with Crippen LogP contribution in [-0.4, -0.2) is 25.9 Å². The topological polar surface area (TPSA) is 72.7 Å². The van der Waals surface area contributed by atoms with Crippen molar-refractivity contribution in [3.8, 4) is 5.69 Å². The van der Waals surface area contributed by atoms with E-state index in [4.69, 9.17) is 11.6 Å². The maximum absolute atomic E-state index is 12.4. The standard InChI is InChI=1S/C19H14ClN5O/c1-12-4-9-16(15(20)11-12)22-19(26)13-5-7-14(8-6-13)25-18-17(23-24-25)3-2-10-21-18/h2-11H,1H3,(H,22,26). The third kappa shape index (κ3) is 3.02. The Labute approximate surface area is 154 Å². The Morgan fingerprint density at radius 2 is 1.92 bits per heavy atom. The molecule has 2 heterocycles. The van der Waals surface area contributed by atoms with Gasteiger partial charge in [0, 0.05) is 11.8 Å². The molecule has 6 nitrogen and oxygen atoms in total. The molecule has 0 aliphatic carbocycles. The normalized spacial score (nSPS) is 10.8. The minimum atomic E-state index is -0.233. The lowest BCUT2D eigenvalue weighted by Crippen LogP contribution is -2.12. The van der Waals surface area contributed by atoms with E-state index in [-0.39, 0.29) is 5.91 Å². The van der Waals surface area contributed by atoms with E-state index in [1.165, 1.54) is 0 Å². The van der Waals surface area contributed by atoms with Gasteiger partial charge in [0.1, 0.15) is 5.52 Å². The molecule has 4 aromatic rings. The predicted molar refractivity (Wildman–Crippen MR) is 101 cm³/mol. The highest BCUT2D eigenvalue weighted by atomic mass is 35.5. The van der Waals surface area contributed by atoms with Crippen molar-refractivity contribution in [3.05, 3.63) is 76.9 Å². The molecule has 0 saturated heterocycles. The number of aromatic nitrogens is 4. The summed E-state index contributed by atoms with van der Waals surface area (Å²) in [5.74, 6) is -0.233. The zero-order valence-electron chi connectivity index (χ0n) is 13.8. The number of carbonyl (C=O) groups excluding carboxylic acids is 1. The fourth-order valence-corrected chi connectivity index (χ4v) is 2.89. The van der Waals surface area contributed by atoms with Crippen molar-refractivity contribution in [1.82, 2.24) is 20.0 Å². The summed E-state index contributed by atoms with van der Waals surface area (Å²) in [5, 5.41) is 11.5. The third-order valence-electron chi connectivity index (χ3n) is 3.96. The van der Waals surface area contributed by atoms with Gasteiger partial charge in [-0.15, -0.1) is 5.10 Å². The van der Waals surface area contributed by atoms with Crippen LogP contribution in [0.3, 0.4) is 0 Å². The SMILES string of the molecule is Cc1ccc(NC(=O)c2ccc(-n3nnc4cccnc43)cc2)c(Cl)c1. The molecular formula is C19H14ClN5O. The summed E-state index contributed by atoms with van der Waals surface area (Å²) < 4.78 is 1.63. The summed E-state index contributed by atoms with van der Waals surface area (Å²) in [7, 11) is 0. The van der Waals surface area contributed by atoms with E-state index in [9.17, 15) is 4.79 Å². The Morgan fingerprint density at radius 1 is 1.12 bits per heavy atom. The highest BCUT2D eigenvalue weighted by molar-refractivity contribution is 6.34. The predicted octanol–water partition coefficient (Wildman–Crippen LogP) is 4.03. The van der Waals surface area contributed by atoms with E-state index in [0.717, 1.165) is 11.3 Å². The molecule has 128 valence electrons. The van der Waals surface area contributed by atoms with Gasteiger partial charge >= 0.3 is 0 Å². The number of halogens is 1. The molecule has 2 aromatic heterocycles. The van der Waals surface area contributed by atoms with Gasteiger partial charge in [0.15, 0.2) is 5.65 Å². The molecule has 7 heteroatoms. The second-order valence-electron chi connectivity index (χ2n) is 5.83. The number of carbonyl (C=O) groups is 1. The molecule has 0 atom stereocenters. The molecule has 0 fully saturated rings. The van der Waals surface area contributed by atoms with Crippen LogP contribution < -0.4 is 5.32 Å². The summed E-state index contributed by atoms with van der Waals surface area (Å²) in [6.45, 7) is 1.94. The van der Waals surface area contributed by atoms with E-state index in [1.54, 1.807) is 41.2 Å². The molecule has 0 aliphatic rings. The summed E-state index contributed by atoms with van der Waals surface area (Å²) in [4.78, 5) is 16.7. The second-order valence-corrected chi connectivity index (χ2v) is 6.24. The first-order valence-electron chi connectivity index (χ1n) is 7.96. The Morgan fingerprint density at radius 3 is 2.69 bits per heavy atom. The van der Waals surface area contributed by atoms with Crippen molar-refractivity contribution in [3.63, 3.8) is 0 Å². The van der Waals surface area contributed by atoms with Gasteiger partial charge in [-0.3, -0.25) is 4.79 Å². The molecule has 1 N–H and O–H groups in total. The molecule has 1 amide bonds. The summed E-state index contributed by atoms with van der Waals surface area (Å²) in [6, 6.07) is 16.2. The fourth-order valence-electron chi connectivity index (χ4n) is 2.61. The number of pyridine rings is 1. The lowest BCUT2D eigenvalue weighted by Gasteiger charge is -2.08. The van der Waals surface area contributed by atoms with Gasteiger partial charge in [-0.1, -0.05) is 22.9 Å². The van der Waals surface area contributed by atoms with Crippen molar-refractivity contribution >= 4 is 34.4 Å². The quantitative estimate of drug-likeness (QED) is 0.596. The Hall–Kier alpha value is -3.25. The number of nitrogens with one attached hydrogen (secondary N) is 1. The van der Waals surface area contributed by atoms with Crippen molar-refractivity contribution in [2.45, 2.75) is 6.92 Å². The van der Waals surface area contributed by atoms with Gasteiger partial charge < -0.3 is 5.32 Å². The number of aryl methyl sites for hydroxylation is 1. The molecule has 2 aromatic carbocycles. The molecule has 0 radical (unpaired) electrons. The first-order chi connectivity index (χ1) is 12.6. The van der Waals surface area contributed by atoms with Gasteiger partial charge in [-0.05, 0) is 61.0 Å². The summed E-state index contributed by atoms with van der Waals surface area (Å²) in [6.07, 6.45) is 1.69. The van der Waals surface area contributed by atoms with E-state index < -0.39 is 0 Å². The number of nitrogens with zero attached hydrogens (tertiary/aromatic N) is 4. The number of hydrogen-bond donors (Lipinski definition) is 1. The van der Waals surface area contributed by atoms with Crippen molar-refractivity contribution in [1.29, 1.82) is 0 Å². The van der Waals surface area contributed by atoms with Crippen LogP contribution in [0.4, 0.5) is 5.69 Å².